The normalized spacial score (nSPS) is 18.5. The summed E-state index contributed by atoms with van der Waals surface area (Å²) in [5.74, 6) is 0. The smallest absolute Gasteiger partial charge is 0.423 e. The van der Waals surface area contributed by atoms with E-state index in [0.717, 1.165) is 16.6 Å². The summed E-state index contributed by atoms with van der Waals surface area (Å²) in [5.41, 5.74) is 1.97. The zero-order chi connectivity index (χ0) is 11.1. The second-order valence-electron chi connectivity index (χ2n) is 4.07. The molecule has 0 spiro atoms. The number of hydrogen-bond donors (Lipinski definition) is 2. The summed E-state index contributed by atoms with van der Waals surface area (Å²) in [6.07, 6.45) is 1.35. The Morgan fingerprint density at radius 1 is 1.47 bits per heavy atom. The maximum absolute atomic E-state index is 9.63. The first kappa shape index (κ1) is 10.2. The van der Waals surface area contributed by atoms with Crippen molar-refractivity contribution in [1.29, 1.82) is 0 Å². The fourth-order valence-electron chi connectivity index (χ4n) is 1.86. The fourth-order valence-corrected chi connectivity index (χ4v) is 1.86. The minimum absolute atomic E-state index is 0.506. The van der Waals surface area contributed by atoms with Crippen molar-refractivity contribution >= 4 is 18.8 Å². The Morgan fingerprint density at radius 3 is 2.87 bits per heavy atom. The standard InChI is InChI=1S/C10H12BNO3/c1-10(2)8-5-7(6-12-14)3-4-9(8)11(13)15-10/h3-6,13-14H,1-2H3/b12-6-. The van der Waals surface area contributed by atoms with E-state index in [-0.39, 0.29) is 0 Å². The van der Waals surface area contributed by atoms with Crippen molar-refractivity contribution in [2.24, 2.45) is 5.16 Å². The van der Waals surface area contributed by atoms with E-state index in [1.54, 1.807) is 12.1 Å². The van der Waals surface area contributed by atoms with Gasteiger partial charge >= 0.3 is 7.12 Å². The number of benzene rings is 1. The van der Waals surface area contributed by atoms with E-state index in [0.29, 0.717) is 0 Å². The van der Waals surface area contributed by atoms with E-state index < -0.39 is 12.7 Å². The molecule has 15 heavy (non-hydrogen) atoms. The molecule has 1 aliphatic rings. The van der Waals surface area contributed by atoms with Gasteiger partial charge in [-0.15, -0.1) is 0 Å². The molecule has 2 N–H and O–H groups in total. The topological polar surface area (TPSA) is 62.0 Å². The largest absolute Gasteiger partial charge is 0.492 e. The van der Waals surface area contributed by atoms with E-state index in [9.17, 15) is 5.02 Å². The van der Waals surface area contributed by atoms with Gasteiger partial charge in [-0.25, -0.2) is 0 Å². The Bertz CT molecular complexity index is 417. The first-order valence-electron chi connectivity index (χ1n) is 4.72. The van der Waals surface area contributed by atoms with Crippen LogP contribution in [0.5, 0.6) is 0 Å². The van der Waals surface area contributed by atoms with Crippen LogP contribution in [0.4, 0.5) is 0 Å². The van der Waals surface area contributed by atoms with Gasteiger partial charge in [0.25, 0.3) is 0 Å². The zero-order valence-corrected chi connectivity index (χ0v) is 8.64. The van der Waals surface area contributed by atoms with Crippen LogP contribution in [0.15, 0.2) is 23.4 Å². The van der Waals surface area contributed by atoms with Crippen LogP contribution in [-0.4, -0.2) is 23.6 Å². The van der Waals surface area contributed by atoms with Crippen molar-refractivity contribution in [1.82, 2.24) is 0 Å². The Kier molecular flexibility index (Phi) is 2.29. The van der Waals surface area contributed by atoms with E-state index in [2.05, 4.69) is 5.16 Å². The molecule has 4 nitrogen and oxygen atoms in total. The van der Waals surface area contributed by atoms with Crippen LogP contribution in [-0.2, 0) is 10.3 Å². The molecule has 0 radical (unpaired) electrons. The lowest BCUT2D eigenvalue weighted by molar-refractivity contribution is 0.101. The van der Waals surface area contributed by atoms with Crippen LogP contribution in [0.3, 0.4) is 0 Å². The van der Waals surface area contributed by atoms with Crippen LogP contribution >= 0.6 is 0 Å². The average molecular weight is 205 g/mol. The highest BCUT2D eigenvalue weighted by Crippen LogP contribution is 2.29. The van der Waals surface area contributed by atoms with Crippen molar-refractivity contribution in [2.75, 3.05) is 0 Å². The molecule has 1 heterocycles. The Morgan fingerprint density at radius 2 is 2.20 bits per heavy atom. The van der Waals surface area contributed by atoms with Crippen LogP contribution < -0.4 is 5.46 Å². The quantitative estimate of drug-likeness (QED) is 0.302. The highest BCUT2D eigenvalue weighted by molar-refractivity contribution is 6.62. The van der Waals surface area contributed by atoms with Gasteiger partial charge in [0.2, 0.25) is 0 Å². The van der Waals surface area contributed by atoms with Crippen molar-refractivity contribution in [3.8, 4) is 0 Å². The number of hydrogen-bond acceptors (Lipinski definition) is 4. The van der Waals surface area contributed by atoms with Gasteiger partial charge in [-0.3, -0.25) is 0 Å². The van der Waals surface area contributed by atoms with Gasteiger partial charge < -0.3 is 14.9 Å². The molecule has 1 aromatic rings. The number of oxime groups is 1. The monoisotopic (exact) mass is 205 g/mol. The molecule has 0 aliphatic carbocycles. The Labute approximate surface area is 88.3 Å². The molecule has 0 amide bonds. The van der Waals surface area contributed by atoms with Gasteiger partial charge in [0.05, 0.1) is 11.8 Å². The van der Waals surface area contributed by atoms with Crippen LogP contribution in [0.1, 0.15) is 25.0 Å². The van der Waals surface area contributed by atoms with Gasteiger partial charge in [0.1, 0.15) is 0 Å². The highest BCUT2D eigenvalue weighted by Gasteiger charge is 2.40. The average Bonchev–Trinajstić information content (AvgIpc) is 2.38. The van der Waals surface area contributed by atoms with E-state index in [1.165, 1.54) is 6.21 Å². The first-order chi connectivity index (χ1) is 7.04. The maximum atomic E-state index is 9.63. The van der Waals surface area contributed by atoms with Gasteiger partial charge in [-0.2, -0.15) is 0 Å². The molecular formula is C10H12BNO3. The van der Waals surface area contributed by atoms with Gasteiger partial charge in [0, 0.05) is 0 Å². The van der Waals surface area contributed by atoms with Crippen molar-refractivity contribution < 1.29 is 14.9 Å². The third-order valence-electron chi connectivity index (χ3n) is 2.61. The number of fused-ring (bicyclic) bond motifs is 1. The minimum atomic E-state index is -0.866. The van der Waals surface area contributed by atoms with Crippen molar-refractivity contribution in [3.05, 3.63) is 29.3 Å². The predicted molar refractivity (Wildman–Crippen MR) is 57.5 cm³/mol. The van der Waals surface area contributed by atoms with Crippen molar-refractivity contribution in [2.45, 2.75) is 19.4 Å². The molecule has 2 rings (SSSR count). The lowest BCUT2D eigenvalue weighted by Crippen LogP contribution is -2.28. The molecule has 0 unspecified atom stereocenters. The first-order valence-corrected chi connectivity index (χ1v) is 4.72. The van der Waals surface area contributed by atoms with E-state index in [4.69, 9.17) is 9.86 Å². The van der Waals surface area contributed by atoms with E-state index in [1.807, 2.05) is 19.9 Å². The Balaban J connectivity index is 2.52. The molecule has 1 aromatic carbocycles. The molecule has 0 fully saturated rings. The highest BCUT2D eigenvalue weighted by atomic mass is 16.5. The minimum Gasteiger partial charge on any atom is -0.423 e. The summed E-state index contributed by atoms with van der Waals surface area (Å²) in [6, 6.07) is 5.41. The molecule has 0 saturated heterocycles. The Hall–Kier alpha value is -1.33. The van der Waals surface area contributed by atoms with Crippen LogP contribution in [0, 0.1) is 0 Å². The summed E-state index contributed by atoms with van der Waals surface area (Å²) in [4.78, 5) is 0. The predicted octanol–water partition coefficient (Wildman–Crippen LogP) is 0.448. The molecule has 0 aromatic heterocycles. The van der Waals surface area contributed by atoms with Gasteiger partial charge in [0.15, 0.2) is 0 Å². The number of rotatable bonds is 1. The second kappa shape index (κ2) is 3.36. The lowest BCUT2D eigenvalue weighted by Gasteiger charge is -2.19. The summed E-state index contributed by atoms with van der Waals surface area (Å²) < 4.78 is 5.40. The van der Waals surface area contributed by atoms with E-state index >= 15 is 0 Å². The summed E-state index contributed by atoms with van der Waals surface area (Å²) in [6.45, 7) is 3.78. The summed E-state index contributed by atoms with van der Waals surface area (Å²) >= 11 is 0. The second-order valence-corrected chi connectivity index (χ2v) is 4.07. The summed E-state index contributed by atoms with van der Waals surface area (Å²) in [7, 11) is -0.866. The molecule has 0 atom stereocenters. The molecule has 0 bridgehead atoms. The summed E-state index contributed by atoms with van der Waals surface area (Å²) in [5, 5.41) is 21.0. The molecule has 1 aliphatic heterocycles. The fraction of sp³-hybridized carbons (Fsp3) is 0.300. The van der Waals surface area contributed by atoms with Gasteiger partial charge in [-0.1, -0.05) is 17.3 Å². The molecular weight excluding hydrogens is 193 g/mol. The third kappa shape index (κ3) is 1.64. The maximum Gasteiger partial charge on any atom is 0.492 e. The van der Waals surface area contributed by atoms with Crippen LogP contribution in [0.2, 0.25) is 0 Å². The molecule has 78 valence electrons. The number of nitrogens with zero attached hydrogens (tertiary/aromatic N) is 1. The zero-order valence-electron chi connectivity index (χ0n) is 8.64. The molecule has 5 heteroatoms. The third-order valence-corrected chi connectivity index (χ3v) is 2.61. The van der Waals surface area contributed by atoms with Crippen molar-refractivity contribution in [3.63, 3.8) is 0 Å². The molecule has 0 saturated carbocycles. The SMILES string of the molecule is CC1(C)OB(O)c2ccc(/C=N\O)cc21. The van der Waals surface area contributed by atoms with Gasteiger partial charge in [-0.05, 0) is 36.5 Å². The lowest BCUT2D eigenvalue weighted by atomic mass is 9.78. The van der Waals surface area contributed by atoms with Crippen LogP contribution in [0.25, 0.3) is 0 Å².